The minimum atomic E-state index is -0.757. The van der Waals surface area contributed by atoms with Crippen LogP contribution in [0.3, 0.4) is 0 Å². The molecule has 1 saturated heterocycles. The number of carbonyl (C=O) groups is 2. The van der Waals surface area contributed by atoms with E-state index in [2.05, 4.69) is 10.3 Å². The molecule has 106 valence electrons. The predicted molar refractivity (Wildman–Crippen MR) is 75.3 cm³/mol. The number of aromatic nitrogens is 1. The van der Waals surface area contributed by atoms with Crippen molar-refractivity contribution < 1.29 is 9.59 Å². The van der Waals surface area contributed by atoms with E-state index >= 15 is 0 Å². The van der Waals surface area contributed by atoms with Crippen molar-refractivity contribution in [2.45, 2.75) is 39.2 Å². The number of carbonyl (C=O) groups excluding carboxylic acids is 2. The third-order valence-electron chi connectivity index (χ3n) is 4.27. The van der Waals surface area contributed by atoms with E-state index in [-0.39, 0.29) is 24.3 Å². The Bertz CT molecular complexity index is 595. The Balaban J connectivity index is 1.99. The lowest BCUT2D eigenvalue weighted by molar-refractivity contribution is -0.136. The molecule has 2 aliphatic rings. The fraction of sp³-hybridized carbons (Fsp3) is 0.533. The van der Waals surface area contributed by atoms with Gasteiger partial charge in [0.1, 0.15) is 12.1 Å². The van der Waals surface area contributed by atoms with Crippen molar-refractivity contribution in [1.82, 2.24) is 10.3 Å². The number of pyridine rings is 1. The molecule has 0 spiro atoms. The SMILES string of the molecule is Cc1ccc(N2CC(=O)NC(C)(C3CC3)C2=O)c(C)n1. The number of amides is 2. The van der Waals surface area contributed by atoms with E-state index < -0.39 is 5.54 Å². The van der Waals surface area contributed by atoms with Crippen molar-refractivity contribution >= 4 is 17.5 Å². The van der Waals surface area contributed by atoms with Crippen LogP contribution in [0.2, 0.25) is 0 Å². The van der Waals surface area contributed by atoms with E-state index in [1.54, 1.807) is 4.90 Å². The van der Waals surface area contributed by atoms with Crippen molar-refractivity contribution in [2.24, 2.45) is 5.92 Å². The second-order valence-corrected chi connectivity index (χ2v) is 5.97. The van der Waals surface area contributed by atoms with Gasteiger partial charge in [-0.25, -0.2) is 0 Å². The first-order valence-corrected chi connectivity index (χ1v) is 6.99. The Morgan fingerprint density at radius 2 is 2.00 bits per heavy atom. The summed E-state index contributed by atoms with van der Waals surface area (Å²) in [5.74, 6) is 0.146. The summed E-state index contributed by atoms with van der Waals surface area (Å²) in [7, 11) is 0. The molecule has 1 unspecified atom stereocenters. The van der Waals surface area contributed by atoms with Crippen LogP contribution in [0.15, 0.2) is 12.1 Å². The van der Waals surface area contributed by atoms with Crippen molar-refractivity contribution in [3.8, 4) is 0 Å². The predicted octanol–water partition coefficient (Wildman–Crippen LogP) is 1.33. The van der Waals surface area contributed by atoms with Crippen LogP contribution in [0.4, 0.5) is 5.69 Å². The van der Waals surface area contributed by atoms with Crippen LogP contribution in [0.25, 0.3) is 0 Å². The molecule has 1 aliphatic carbocycles. The van der Waals surface area contributed by atoms with Crippen molar-refractivity contribution in [1.29, 1.82) is 0 Å². The molecule has 5 nitrogen and oxygen atoms in total. The number of nitrogens with one attached hydrogen (secondary N) is 1. The van der Waals surface area contributed by atoms with E-state index in [0.29, 0.717) is 0 Å². The molecule has 2 amide bonds. The minimum absolute atomic E-state index is 0.0200. The van der Waals surface area contributed by atoms with Gasteiger partial charge in [0.05, 0.1) is 11.4 Å². The fourth-order valence-electron chi connectivity index (χ4n) is 2.97. The van der Waals surface area contributed by atoms with Gasteiger partial charge in [0.25, 0.3) is 5.91 Å². The van der Waals surface area contributed by atoms with Crippen LogP contribution in [0, 0.1) is 19.8 Å². The molecule has 1 aromatic rings. The summed E-state index contributed by atoms with van der Waals surface area (Å²) in [6.07, 6.45) is 2.00. The standard InChI is InChI=1S/C15H19N3O2/c1-9-4-7-12(10(2)16-9)18-8-13(19)17-15(3,14(18)20)11-5-6-11/h4,7,11H,5-6,8H2,1-3H3,(H,17,19). The van der Waals surface area contributed by atoms with E-state index in [4.69, 9.17) is 0 Å². The molecule has 1 aliphatic heterocycles. The van der Waals surface area contributed by atoms with E-state index in [9.17, 15) is 9.59 Å². The minimum Gasteiger partial charge on any atom is -0.340 e. The van der Waals surface area contributed by atoms with Gasteiger partial charge in [0.2, 0.25) is 5.91 Å². The lowest BCUT2D eigenvalue weighted by Gasteiger charge is -2.40. The first-order valence-electron chi connectivity index (χ1n) is 6.99. The normalized spacial score (nSPS) is 26.6. The van der Waals surface area contributed by atoms with Gasteiger partial charge in [-0.3, -0.25) is 19.5 Å². The van der Waals surface area contributed by atoms with E-state index in [1.807, 2.05) is 32.9 Å². The molecule has 20 heavy (non-hydrogen) atoms. The Hall–Kier alpha value is -1.91. The third kappa shape index (κ3) is 1.97. The molecule has 1 atom stereocenters. The number of aryl methyl sites for hydroxylation is 2. The summed E-state index contributed by atoms with van der Waals surface area (Å²) in [5, 5.41) is 2.88. The molecule has 1 aromatic heterocycles. The second kappa shape index (κ2) is 4.30. The van der Waals surface area contributed by atoms with Gasteiger partial charge in [0, 0.05) is 5.69 Å². The van der Waals surface area contributed by atoms with Crippen LogP contribution in [-0.4, -0.2) is 28.9 Å². The van der Waals surface area contributed by atoms with Crippen LogP contribution in [0.1, 0.15) is 31.2 Å². The Morgan fingerprint density at radius 3 is 2.60 bits per heavy atom. The van der Waals surface area contributed by atoms with Crippen molar-refractivity contribution in [3.63, 3.8) is 0 Å². The molecule has 0 radical (unpaired) electrons. The Morgan fingerprint density at radius 1 is 1.30 bits per heavy atom. The smallest absolute Gasteiger partial charge is 0.253 e. The zero-order valence-electron chi connectivity index (χ0n) is 12.1. The second-order valence-electron chi connectivity index (χ2n) is 5.97. The fourth-order valence-corrected chi connectivity index (χ4v) is 2.97. The highest BCUT2D eigenvalue weighted by molar-refractivity contribution is 6.09. The van der Waals surface area contributed by atoms with Crippen molar-refractivity contribution in [2.75, 3.05) is 11.4 Å². The zero-order valence-corrected chi connectivity index (χ0v) is 12.1. The Kier molecular flexibility index (Phi) is 2.81. The quantitative estimate of drug-likeness (QED) is 0.884. The van der Waals surface area contributed by atoms with E-state index in [1.165, 1.54) is 0 Å². The number of hydrogen-bond donors (Lipinski definition) is 1. The number of rotatable bonds is 2. The molecule has 0 aromatic carbocycles. The summed E-state index contributed by atoms with van der Waals surface area (Å²) in [6, 6.07) is 3.75. The van der Waals surface area contributed by atoms with Gasteiger partial charge in [-0.05, 0) is 51.7 Å². The number of hydrogen-bond acceptors (Lipinski definition) is 3. The van der Waals surface area contributed by atoms with Gasteiger partial charge in [0.15, 0.2) is 0 Å². The van der Waals surface area contributed by atoms with E-state index in [0.717, 1.165) is 29.9 Å². The first kappa shape index (κ1) is 13.1. The third-order valence-corrected chi connectivity index (χ3v) is 4.27. The zero-order chi connectivity index (χ0) is 14.5. The van der Waals surface area contributed by atoms with Crippen LogP contribution < -0.4 is 10.2 Å². The summed E-state index contributed by atoms with van der Waals surface area (Å²) < 4.78 is 0. The lowest BCUT2D eigenvalue weighted by Crippen LogP contribution is -2.66. The largest absolute Gasteiger partial charge is 0.340 e. The topological polar surface area (TPSA) is 62.3 Å². The van der Waals surface area contributed by atoms with Crippen molar-refractivity contribution in [3.05, 3.63) is 23.5 Å². The maximum atomic E-state index is 12.8. The summed E-state index contributed by atoms with van der Waals surface area (Å²) in [6.45, 7) is 5.70. The average molecular weight is 273 g/mol. The number of anilines is 1. The highest BCUT2D eigenvalue weighted by Gasteiger charge is 2.53. The molecule has 1 N–H and O–H groups in total. The molecule has 5 heteroatoms. The van der Waals surface area contributed by atoms with Gasteiger partial charge in [-0.2, -0.15) is 0 Å². The Labute approximate surface area is 118 Å². The average Bonchev–Trinajstić information content (AvgIpc) is 3.18. The summed E-state index contributed by atoms with van der Waals surface area (Å²) in [5.41, 5.74) is 1.67. The maximum Gasteiger partial charge on any atom is 0.253 e. The molecule has 3 rings (SSSR count). The van der Waals surface area contributed by atoms with Gasteiger partial charge in [-0.1, -0.05) is 0 Å². The maximum absolute atomic E-state index is 12.8. The number of nitrogens with zero attached hydrogens (tertiary/aromatic N) is 2. The first-order chi connectivity index (χ1) is 9.41. The highest BCUT2D eigenvalue weighted by Crippen LogP contribution is 2.42. The lowest BCUT2D eigenvalue weighted by atomic mass is 9.91. The van der Waals surface area contributed by atoms with Gasteiger partial charge < -0.3 is 5.32 Å². The van der Waals surface area contributed by atoms with Crippen LogP contribution in [0.5, 0.6) is 0 Å². The highest BCUT2D eigenvalue weighted by atomic mass is 16.2. The summed E-state index contributed by atoms with van der Waals surface area (Å²) >= 11 is 0. The van der Waals surface area contributed by atoms with Crippen LogP contribution >= 0.6 is 0 Å². The van der Waals surface area contributed by atoms with Gasteiger partial charge >= 0.3 is 0 Å². The van der Waals surface area contributed by atoms with Gasteiger partial charge in [-0.15, -0.1) is 0 Å². The molecule has 2 heterocycles. The molecule has 1 saturated carbocycles. The molecule has 0 bridgehead atoms. The monoisotopic (exact) mass is 273 g/mol. The summed E-state index contributed by atoms with van der Waals surface area (Å²) in [4.78, 5) is 30.8. The molecule has 2 fully saturated rings. The van der Waals surface area contributed by atoms with Crippen LogP contribution in [-0.2, 0) is 9.59 Å². The molecular formula is C15H19N3O2. The molecular weight excluding hydrogens is 254 g/mol. The number of piperazine rings is 1.